The van der Waals surface area contributed by atoms with Gasteiger partial charge in [-0.15, -0.1) is 10.2 Å². The van der Waals surface area contributed by atoms with Gasteiger partial charge in [-0.25, -0.2) is 5.01 Å². The lowest BCUT2D eigenvalue weighted by Crippen LogP contribution is -2.45. The van der Waals surface area contributed by atoms with E-state index in [1.165, 1.54) is 23.5 Å². The first-order valence-corrected chi connectivity index (χ1v) is 11.0. The Balaban J connectivity index is 1.56. The topological polar surface area (TPSA) is 80.1 Å². The van der Waals surface area contributed by atoms with E-state index in [4.69, 9.17) is 12.2 Å². The van der Waals surface area contributed by atoms with Crippen molar-refractivity contribution in [2.24, 2.45) is 0 Å². The molecule has 1 aliphatic heterocycles. The Bertz CT molecular complexity index is 1040. The van der Waals surface area contributed by atoms with E-state index in [1.807, 2.05) is 65.2 Å². The standard InChI is InChI=1S/C19H15N5O2S3/c25-15(22-24-16(26)12-29-19(24)27)11-28-18-21-20-17(13-7-3-1-4-8-13)23(18)14-9-5-2-6-10-14/h1-10H,11-12H2,(H,22,25). The molecule has 4 rings (SSSR count). The Kier molecular flexibility index (Phi) is 5.93. The van der Waals surface area contributed by atoms with Crippen LogP contribution in [0.4, 0.5) is 0 Å². The number of nitrogens with one attached hydrogen (secondary N) is 1. The summed E-state index contributed by atoms with van der Waals surface area (Å²) in [6, 6.07) is 19.5. The Morgan fingerprint density at radius 3 is 2.45 bits per heavy atom. The summed E-state index contributed by atoms with van der Waals surface area (Å²) < 4.78 is 2.27. The Hall–Kier alpha value is -2.69. The molecule has 1 saturated heterocycles. The van der Waals surface area contributed by atoms with Crippen molar-refractivity contribution in [2.45, 2.75) is 5.16 Å². The molecule has 29 heavy (non-hydrogen) atoms. The lowest BCUT2D eigenvalue weighted by molar-refractivity contribution is -0.132. The van der Waals surface area contributed by atoms with Crippen molar-refractivity contribution in [1.29, 1.82) is 0 Å². The van der Waals surface area contributed by atoms with Gasteiger partial charge in [-0.2, -0.15) is 0 Å². The average molecular weight is 442 g/mol. The fourth-order valence-corrected chi connectivity index (χ4v) is 4.42. The van der Waals surface area contributed by atoms with Crippen LogP contribution in [0.5, 0.6) is 0 Å². The van der Waals surface area contributed by atoms with E-state index in [2.05, 4.69) is 15.6 Å². The molecule has 0 aliphatic carbocycles. The van der Waals surface area contributed by atoms with E-state index in [1.54, 1.807) is 0 Å². The predicted molar refractivity (Wildman–Crippen MR) is 118 cm³/mol. The third kappa shape index (κ3) is 4.34. The minimum atomic E-state index is -0.336. The number of thioether (sulfide) groups is 2. The number of rotatable bonds is 6. The van der Waals surface area contributed by atoms with Crippen LogP contribution in [-0.2, 0) is 9.59 Å². The van der Waals surface area contributed by atoms with E-state index < -0.39 is 0 Å². The number of amides is 2. The zero-order chi connectivity index (χ0) is 20.2. The molecule has 1 fully saturated rings. The molecule has 10 heteroatoms. The molecule has 1 aromatic heterocycles. The SMILES string of the molecule is O=C(CSc1nnc(-c2ccccc2)n1-c1ccccc1)NN1C(=O)CSC1=S. The van der Waals surface area contributed by atoms with E-state index in [-0.39, 0.29) is 23.3 Å². The largest absolute Gasteiger partial charge is 0.272 e. The molecule has 1 aliphatic rings. The Morgan fingerprint density at radius 1 is 1.10 bits per heavy atom. The van der Waals surface area contributed by atoms with Gasteiger partial charge in [0, 0.05) is 11.3 Å². The molecule has 0 radical (unpaired) electrons. The summed E-state index contributed by atoms with van der Waals surface area (Å²) in [5.74, 6) is 0.438. The van der Waals surface area contributed by atoms with E-state index >= 15 is 0 Å². The highest BCUT2D eigenvalue weighted by atomic mass is 32.2. The molecule has 0 spiro atoms. The van der Waals surface area contributed by atoms with Crippen LogP contribution in [0.1, 0.15) is 0 Å². The lowest BCUT2D eigenvalue weighted by Gasteiger charge is -2.15. The smallest absolute Gasteiger partial charge is 0.257 e. The molecule has 0 unspecified atom stereocenters. The maximum absolute atomic E-state index is 12.3. The summed E-state index contributed by atoms with van der Waals surface area (Å²) in [7, 11) is 0. The van der Waals surface area contributed by atoms with Crippen molar-refractivity contribution in [3.8, 4) is 17.1 Å². The summed E-state index contributed by atoms with van der Waals surface area (Å²) >= 11 is 7.55. The summed E-state index contributed by atoms with van der Waals surface area (Å²) in [6.07, 6.45) is 0. The van der Waals surface area contributed by atoms with Gasteiger partial charge in [0.25, 0.3) is 5.91 Å². The van der Waals surface area contributed by atoms with Gasteiger partial charge < -0.3 is 0 Å². The third-order valence-corrected chi connectivity index (χ3v) is 6.29. The summed E-state index contributed by atoms with van der Waals surface area (Å²) in [6.45, 7) is 0. The predicted octanol–water partition coefficient (Wildman–Crippen LogP) is 2.92. The number of thiocarbonyl (C=S) groups is 1. The molecule has 1 N–H and O–H groups in total. The van der Waals surface area contributed by atoms with Crippen LogP contribution in [-0.4, -0.2) is 47.4 Å². The number of benzene rings is 2. The van der Waals surface area contributed by atoms with Crippen molar-refractivity contribution < 1.29 is 9.59 Å². The molecule has 0 atom stereocenters. The number of hydrogen-bond acceptors (Lipinski definition) is 7. The molecular formula is C19H15N5O2S3. The van der Waals surface area contributed by atoms with Crippen molar-refractivity contribution in [3.05, 3.63) is 60.7 Å². The van der Waals surface area contributed by atoms with Crippen molar-refractivity contribution >= 4 is 51.9 Å². The van der Waals surface area contributed by atoms with Crippen molar-refractivity contribution in [3.63, 3.8) is 0 Å². The van der Waals surface area contributed by atoms with Crippen LogP contribution in [0.3, 0.4) is 0 Å². The van der Waals surface area contributed by atoms with Crippen LogP contribution in [0.15, 0.2) is 65.8 Å². The van der Waals surface area contributed by atoms with Gasteiger partial charge in [0.1, 0.15) is 0 Å². The van der Waals surface area contributed by atoms with Crippen LogP contribution >= 0.6 is 35.7 Å². The highest BCUT2D eigenvalue weighted by Gasteiger charge is 2.28. The number of aromatic nitrogens is 3. The first kappa shape index (κ1) is 19.6. The summed E-state index contributed by atoms with van der Waals surface area (Å²) in [4.78, 5) is 24.1. The molecule has 146 valence electrons. The van der Waals surface area contributed by atoms with Gasteiger partial charge >= 0.3 is 0 Å². The normalized spacial score (nSPS) is 13.7. The van der Waals surface area contributed by atoms with Gasteiger partial charge in [0.05, 0.1) is 11.5 Å². The number of hydrogen-bond donors (Lipinski definition) is 1. The van der Waals surface area contributed by atoms with Gasteiger partial charge in [0.2, 0.25) is 5.91 Å². The second kappa shape index (κ2) is 8.76. The highest BCUT2D eigenvalue weighted by molar-refractivity contribution is 8.23. The van der Waals surface area contributed by atoms with E-state index in [0.717, 1.165) is 16.3 Å². The van der Waals surface area contributed by atoms with Gasteiger partial charge in [0.15, 0.2) is 15.3 Å². The van der Waals surface area contributed by atoms with Gasteiger partial charge in [-0.3, -0.25) is 19.6 Å². The molecular weight excluding hydrogens is 426 g/mol. The zero-order valence-corrected chi connectivity index (χ0v) is 17.5. The Morgan fingerprint density at radius 2 is 1.79 bits per heavy atom. The zero-order valence-electron chi connectivity index (χ0n) is 15.0. The first-order valence-electron chi connectivity index (χ1n) is 8.62. The lowest BCUT2D eigenvalue weighted by atomic mass is 10.2. The molecule has 3 aromatic rings. The third-order valence-electron chi connectivity index (χ3n) is 4.00. The highest BCUT2D eigenvalue weighted by Crippen LogP contribution is 2.27. The van der Waals surface area contributed by atoms with E-state index in [9.17, 15) is 9.59 Å². The van der Waals surface area contributed by atoms with Crippen LogP contribution < -0.4 is 5.43 Å². The fraction of sp³-hybridized carbons (Fsp3) is 0.105. The molecule has 2 heterocycles. The van der Waals surface area contributed by atoms with Crippen LogP contribution in [0.2, 0.25) is 0 Å². The summed E-state index contributed by atoms with van der Waals surface area (Å²) in [5.41, 5.74) is 4.37. The maximum atomic E-state index is 12.3. The Labute approximate surface area is 180 Å². The number of carbonyl (C=O) groups excluding carboxylic acids is 2. The van der Waals surface area contributed by atoms with Crippen molar-refractivity contribution in [1.82, 2.24) is 25.2 Å². The minimum absolute atomic E-state index is 0.0663. The van der Waals surface area contributed by atoms with Crippen molar-refractivity contribution in [2.75, 3.05) is 11.5 Å². The molecule has 0 saturated carbocycles. The van der Waals surface area contributed by atoms with Gasteiger partial charge in [-0.1, -0.05) is 84.3 Å². The first-order chi connectivity index (χ1) is 14.1. The molecule has 2 aromatic carbocycles. The quantitative estimate of drug-likeness (QED) is 0.465. The van der Waals surface area contributed by atoms with Crippen LogP contribution in [0.25, 0.3) is 17.1 Å². The molecule has 0 bridgehead atoms. The number of carbonyl (C=O) groups is 2. The molecule has 7 nitrogen and oxygen atoms in total. The van der Waals surface area contributed by atoms with E-state index in [0.29, 0.717) is 15.3 Å². The monoisotopic (exact) mass is 441 g/mol. The fourth-order valence-electron chi connectivity index (χ4n) is 2.70. The average Bonchev–Trinajstić information content (AvgIpc) is 3.32. The minimum Gasteiger partial charge on any atom is -0.272 e. The molecule has 2 amide bonds. The second-order valence-electron chi connectivity index (χ2n) is 5.95. The number of hydrazine groups is 1. The number of nitrogens with zero attached hydrogens (tertiary/aromatic N) is 4. The summed E-state index contributed by atoms with van der Waals surface area (Å²) in [5, 5.41) is 10.3. The second-order valence-corrected chi connectivity index (χ2v) is 8.50. The maximum Gasteiger partial charge on any atom is 0.257 e. The van der Waals surface area contributed by atoms with Gasteiger partial charge in [-0.05, 0) is 12.1 Å². The number of para-hydroxylation sites is 1. The van der Waals surface area contributed by atoms with Crippen LogP contribution in [0, 0.1) is 0 Å².